The third-order valence-electron chi connectivity index (χ3n) is 8.24. The van der Waals surface area contributed by atoms with Gasteiger partial charge in [-0.2, -0.15) is 0 Å². The van der Waals surface area contributed by atoms with E-state index in [0.29, 0.717) is 0 Å². The molecule has 0 saturated carbocycles. The molecule has 0 aliphatic carbocycles. The van der Waals surface area contributed by atoms with Crippen LogP contribution >= 0.6 is 0 Å². The second-order valence-electron chi connectivity index (χ2n) is 11.1. The minimum absolute atomic E-state index is 0.0704. The summed E-state index contributed by atoms with van der Waals surface area (Å²) < 4.78 is 0. The Kier molecular flexibility index (Phi) is 7.68. The van der Waals surface area contributed by atoms with E-state index in [1.54, 1.807) is 7.05 Å². The summed E-state index contributed by atoms with van der Waals surface area (Å²) >= 11 is 0. The van der Waals surface area contributed by atoms with Crippen LogP contribution in [0.1, 0.15) is 16.7 Å². The quantitative estimate of drug-likeness (QED) is 0.251. The molecule has 2 aliphatic heterocycles. The van der Waals surface area contributed by atoms with Crippen molar-refractivity contribution in [2.45, 2.75) is 31.1 Å². The number of likely N-dealkylation sites (N-methyl/N-ethyl adjacent to an activating group) is 1. The predicted molar refractivity (Wildman–Crippen MR) is 161 cm³/mol. The minimum Gasteiger partial charge on any atom is -0.508 e. The Balaban J connectivity index is 1.40. The fraction of sp³-hybridized carbons (Fsp3) is 0.242. The van der Waals surface area contributed by atoms with E-state index >= 15 is 0 Å². The third-order valence-corrected chi connectivity index (χ3v) is 8.24. The molecule has 2 aliphatic rings. The van der Waals surface area contributed by atoms with Gasteiger partial charge in [0, 0.05) is 25.7 Å². The zero-order chi connectivity index (χ0) is 31.0. The maximum Gasteiger partial charge on any atom is 0.334 e. The van der Waals surface area contributed by atoms with Crippen molar-refractivity contribution in [3.8, 4) is 5.75 Å². The molecule has 2 saturated heterocycles. The predicted octanol–water partition coefficient (Wildman–Crippen LogP) is 2.32. The van der Waals surface area contributed by atoms with E-state index < -0.39 is 35.8 Å². The number of hydrogen-bond acceptors (Lipinski definition) is 7. The standard InChI is InChI=1S/C33H33N5O6/c1-35-21-29(40)37-28(38(35)32(42)34-18-22-8-3-2-4-9-22)20-36(19-24-12-7-11-23-10-5-6-13-27(23)24)31(41)30(37)33(43,44)25-14-16-26(39)17-15-25/h2-17,28,30,39,43-44H,18-21H2,1H3,(H,34,42)/t28-,30-/m0/s1. The number of hydrogen-bond donors (Lipinski definition) is 4. The average Bonchev–Trinajstić information content (AvgIpc) is 3.01. The van der Waals surface area contributed by atoms with Crippen LogP contribution in [0.3, 0.4) is 0 Å². The Morgan fingerprint density at radius 1 is 0.909 bits per heavy atom. The minimum atomic E-state index is -2.85. The summed E-state index contributed by atoms with van der Waals surface area (Å²) in [4.78, 5) is 44.1. The van der Waals surface area contributed by atoms with Crippen LogP contribution in [0.4, 0.5) is 4.79 Å². The molecule has 4 amide bonds. The number of aromatic hydroxyl groups is 1. The van der Waals surface area contributed by atoms with Gasteiger partial charge in [-0.05, 0) is 46.2 Å². The number of benzene rings is 4. The summed E-state index contributed by atoms with van der Waals surface area (Å²) in [5.41, 5.74) is 1.61. The number of phenols is 1. The van der Waals surface area contributed by atoms with E-state index in [1.807, 2.05) is 72.8 Å². The summed E-state index contributed by atoms with van der Waals surface area (Å²) in [6.45, 7) is -0.0126. The molecule has 6 rings (SSSR count). The first kappa shape index (κ1) is 29.1. The lowest BCUT2D eigenvalue weighted by Gasteiger charge is -2.56. The van der Waals surface area contributed by atoms with E-state index in [4.69, 9.17) is 0 Å². The van der Waals surface area contributed by atoms with Gasteiger partial charge in [0.2, 0.25) is 11.7 Å². The van der Waals surface area contributed by atoms with Gasteiger partial charge in [0.25, 0.3) is 5.91 Å². The SMILES string of the molecule is CN1CC(=O)N2[C@H](C(O)(O)c3ccc(O)cc3)C(=O)N(Cc3cccc4ccccc34)C[C@@H]2N1C(=O)NCc1ccccc1. The maximum absolute atomic E-state index is 14.3. The van der Waals surface area contributed by atoms with Gasteiger partial charge in [0.1, 0.15) is 11.9 Å². The van der Waals surface area contributed by atoms with Crippen LogP contribution in [-0.4, -0.2) is 85.3 Å². The molecule has 11 heteroatoms. The highest BCUT2D eigenvalue weighted by Crippen LogP contribution is 2.36. The van der Waals surface area contributed by atoms with Crippen LogP contribution in [0.2, 0.25) is 0 Å². The molecule has 11 nitrogen and oxygen atoms in total. The maximum atomic E-state index is 14.3. The summed E-state index contributed by atoms with van der Waals surface area (Å²) in [5, 5.41) is 40.7. The van der Waals surface area contributed by atoms with Crippen LogP contribution in [0.5, 0.6) is 5.75 Å². The van der Waals surface area contributed by atoms with Gasteiger partial charge in [-0.1, -0.05) is 72.8 Å². The summed E-state index contributed by atoms with van der Waals surface area (Å²) in [6.07, 6.45) is -1.05. The molecule has 4 N–H and O–H groups in total. The van der Waals surface area contributed by atoms with Crippen molar-refractivity contribution in [3.63, 3.8) is 0 Å². The van der Waals surface area contributed by atoms with Crippen molar-refractivity contribution >= 4 is 28.6 Å². The van der Waals surface area contributed by atoms with E-state index in [0.717, 1.165) is 26.8 Å². The fourth-order valence-corrected chi connectivity index (χ4v) is 6.08. The van der Waals surface area contributed by atoms with Crippen LogP contribution in [-0.2, 0) is 28.5 Å². The Labute approximate surface area is 254 Å². The summed E-state index contributed by atoms with van der Waals surface area (Å²) in [7, 11) is 1.60. The molecule has 4 aromatic rings. The lowest BCUT2D eigenvalue weighted by molar-refractivity contribution is -0.251. The summed E-state index contributed by atoms with van der Waals surface area (Å²) in [5.74, 6) is -4.18. The van der Waals surface area contributed by atoms with Gasteiger partial charge in [0.15, 0.2) is 6.04 Å². The molecule has 2 heterocycles. The summed E-state index contributed by atoms with van der Waals surface area (Å²) in [6, 6.07) is 25.6. The molecular weight excluding hydrogens is 562 g/mol. The zero-order valence-electron chi connectivity index (χ0n) is 24.1. The molecular formula is C33H33N5O6. The van der Waals surface area contributed by atoms with Crippen molar-refractivity contribution in [2.75, 3.05) is 20.1 Å². The Morgan fingerprint density at radius 3 is 2.34 bits per heavy atom. The van der Waals surface area contributed by atoms with E-state index in [1.165, 1.54) is 39.2 Å². The lowest BCUT2D eigenvalue weighted by Crippen LogP contribution is -2.78. The topological polar surface area (TPSA) is 137 Å². The Hall–Kier alpha value is -4.97. The first-order valence-electron chi connectivity index (χ1n) is 14.3. The van der Waals surface area contributed by atoms with Crippen LogP contribution in [0, 0.1) is 0 Å². The lowest BCUT2D eigenvalue weighted by atomic mass is 9.91. The number of carbonyl (C=O) groups excluding carboxylic acids is 3. The van der Waals surface area contributed by atoms with Crippen molar-refractivity contribution in [1.82, 2.24) is 25.1 Å². The van der Waals surface area contributed by atoms with Crippen LogP contribution in [0.25, 0.3) is 10.8 Å². The smallest absolute Gasteiger partial charge is 0.334 e. The van der Waals surface area contributed by atoms with Crippen LogP contribution < -0.4 is 5.32 Å². The van der Waals surface area contributed by atoms with Gasteiger partial charge in [0.05, 0.1) is 13.1 Å². The molecule has 44 heavy (non-hydrogen) atoms. The second kappa shape index (κ2) is 11.6. The van der Waals surface area contributed by atoms with Crippen LogP contribution in [0.15, 0.2) is 97.1 Å². The number of carbonyl (C=O) groups is 3. The molecule has 4 aromatic carbocycles. The van der Waals surface area contributed by atoms with Crippen molar-refractivity contribution < 1.29 is 29.7 Å². The second-order valence-corrected chi connectivity index (χ2v) is 11.1. The number of aliphatic hydroxyl groups is 2. The van der Waals surface area contributed by atoms with Crippen molar-refractivity contribution in [3.05, 3.63) is 114 Å². The molecule has 226 valence electrons. The van der Waals surface area contributed by atoms with E-state index in [2.05, 4.69) is 5.32 Å². The number of nitrogens with zero attached hydrogens (tertiary/aromatic N) is 4. The number of nitrogens with one attached hydrogen (secondary N) is 1. The van der Waals surface area contributed by atoms with Crippen molar-refractivity contribution in [2.24, 2.45) is 0 Å². The first-order valence-corrected chi connectivity index (χ1v) is 14.3. The van der Waals surface area contributed by atoms with Gasteiger partial charge in [-0.3, -0.25) is 9.59 Å². The molecule has 2 fully saturated rings. The molecule has 0 radical (unpaired) electrons. The molecule has 0 aromatic heterocycles. The van der Waals surface area contributed by atoms with Gasteiger partial charge >= 0.3 is 6.03 Å². The number of rotatable bonds is 6. The third kappa shape index (κ3) is 5.32. The normalized spacial score (nSPS) is 19.3. The molecule has 0 spiro atoms. The Morgan fingerprint density at radius 2 is 1.59 bits per heavy atom. The number of phenolic OH excluding ortho intramolecular Hbond substituents is 1. The van der Waals surface area contributed by atoms with E-state index in [9.17, 15) is 29.7 Å². The zero-order valence-corrected chi connectivity index (χ0v) is 24.1. The number of hydrazine groups is 1. The molecule has 0 bridgehead atoms. The number of urea groups is 1. The first-order chi connectivity index (χ1) is 21.1. The van der Waals surface area contributed by atoms with Gasteiger partial charge in [-0.15, -0.1) is 0 Å². The highest BCUT2D eigenvalue weighted by molar-refractivity contribution is 5.93. The number of piperazine rings is 1. The van der Waals surface area contributed by atoms with Gasteiger partial charge < -0.3 is 30.4 Å². The van der Waals surface area contributed by atoms with Gasteiger partial charge in [-0.25, -0.2) is 14.8 Å². The van der Waals surface area contributed by atoms with Crippen molar-refractivity contribution in [1.29, 1.82) is 0 Å². The average molecular weight is 596 g/mol. The number of amides is 4. The monoisotopic (exact) mass is 595 g/mol. The largest absolute Gasteiger partial charge is 0.508 e. The fourth-order valence-electron chi connectivity index (χ4n) is 6.08. The highest BCUT2D eigenvalue weighted by Gasteiger charge is 2.58. The highest BCUT2D eigenvalue weighted by atomic mass is 16.5. The molecule has 2 atom stereocenters. The Bertz CT molecular complexity index is 1690. The molecule has 0 unspecified atom stereocenters. The number of fused-ring (bicyclic) bond motifs is 2. The van der Waals surface area contributed by atoms with E-state index in [-0.39, 0.29) is 37.5 Å².